The molecular weight excluding hydrogens is 569 g/mol. The first-order chi connectivity index (χ1) is 20.9. The highest BCUT2D eigenvalue weighted by molar-refractivity contribution is 5.96. The SMILES string of the molecule is CCCCCCCCCCCCCC(=O)OCCCCN1C(=O)C(c2ccc(C=NC)c(C(F)(F)F)c2)CCC(=O)C1(C)C. The third kappa shape index (κ3) is 12.0. The van der Waals surface area contributed by atoms with Gasteiger partial charge in [0.05, 0.1) is 23.6 Å². The molecule has 0 saturated carbocycles. The van der Waals surface area contributed by atoms with Gasteiger partial charge in [-0.1, -0.05) is 83.3 Å². The number of amides is 1. The van der Waals surface area contributed by atoms with Crippen LogP contribution in [0.3, 0.4) is 0 Å². The topological polar surface area (TPSA) is 76.0 Å². The normalized spacial score (nSPS) is 17.3. The van der Waals surface area contributed by atoms with Crippen molar-refractivity contribution < 1.29 is 32.3 Å². The number of benzene rings is 1. The van der Waals surface area contributed by atoms with Gasteiger partial charge in [0, 0.05) is 38.2 Å². The predicted molar refractivity (Wildman–Crippen MR) is 169 cm³/mol. The first-order valence-corrected chi connectivity index (χ1v) is 16.6. The molecule has 1 fully saturated rings. The van der Waals surface area contributed by atoms with Gasteiger partial charge in [0.25, 0.3) is 0 Å². The fraction of sp³-hybridized carbons (Fsp3) is 0.714. The molecule has 0 bridgehead atoms. The third-order valence-corrected chi connectivity index (χ3v) is 8.66. The van der Waals surface area contributed by atoms with Gasteiger partial charge in [0.15, 0.2) is 5.78 Å². The van der Waals surface area contributed by atoms with Gasteiger partial charge in [-0.15, -0.1) is 0 Å². The van der Waals surface area contributed by atoms with E-state index < -0.39 is 23.2 Å². The van der Waals surface area contributed by atoms with E-state index in [9.17, 15) is 27.6 Å². The summed E-state index contributed by atoms with van der Waals surface area (Å²) in [6, 6.07) is 3.85. The van der Waals surface area contributed by atoms with Crippen LogP contribution in [-0.4, -0.2) is 54.5 Å². The Morgan fingerprint density at radius 2 is 1.59 bits per heavy atom. The monoisotopic (exact) mass is 622 g/mol. The Hall–Kier alpha value is -2.71. The predicted octanol–water partition coefficient (Wildman–Crippen LogP) is 8.83. The molecule has 1 aliphatic rings. The summed E-state index contributed by atoms with van der Waals surface area (Å²) in [5.41, 5.74) is -1.78. The molecule has 1 aliphatic heterocycles. The molecule has 1 aromatic rings. The van der Waals surface area contributed by atoms with Gasteiger partial charge >= 0.3 is 12.1 Å². The molecule has 1 unspecified atom stereocenters. The van der Waals surface area contributed by atoms with Crippen molar-refractivity contribution in [1.82, 2.24) is 4.90 Å². The number of ketones is 1. The summed E-state index contributed by atoms with van der Waals surface area (Å²) in [7, 11) is 1.40. The van der Waals surface area contributed by atoms with Crippen LogP contribution in [0.1, 0.15) is 146 Å². The first-order valence-electron chi connectivity index (χ1n) is 16.6. The van der Waals surface area contributed by atoms with Crippen molar-refractivity contribution in [1.29, 1.82) is 0 Å². The number of likely N-dealkylation sites (tertiary alicyclic amines) is 1. The average Bonchev–Trinajstić information content (AvgIpc) is 3.05. The fourth-order valence-electron chi connectivity index (χ4n) is 5.87. The van der Waals surface area contributed by atoms with Crippen LogP contribution < -0.4 is 0 Å². The molecular formula is C35H53F3N2O4. The smallest absolute Gasteiger partial charge is 0.417 e. The molecule has 1 heterocycles. The molecule has 248 valence electrons. The number of esters is 1. The van der Waals surface area contributed by atoms with Gasteiger partial charge in [-0.2, -0.15) is 13.2 Å². The molecule has 6 nitrogen and oxygen atoms in total. The summed E-state index contributed by atoms with van der Waals surface area (Å²) in [4.78, 5) is 44.1. The lowest BCUT2D eigenvalue weighted by atomic mass is 9.90. The highest BCUT2D eigenvalue weighted by Crippen LogP contribution is 2.38. The Kier molecular flexibility index (Phi) is 16.1. The number of Topliss-reactive ketones (excluding diaryl/α,β-unsaturated/α-hetero) is 1. The lowest BCUT2D eigenvalue weighted by molar-refractivity contribution is -0.145. The van der Waals surface area contributed by atoms with Crippen LogP contribution in [0, 0.1) is 0 Å². The zero-order valence-electron chi connectivity index (χ0n) is 27.3. The largest absolute Gasteiger partial charge is 0.466 e. The minimum atomic E-state index is -4.61. The second-order valence-electron chi connectivity index (χ2n) is 12.5. The van der Waals surface area contributed by atoms with Crippen LogP contribution in [0.15, 0.2) is 23.2 Å². The quantitative estimate of drug-likeness (QED) is 0.0878. The maximum atomic E-state index is 13.8. The van der Waals surface area contributed by atoms with Crippen LogP contribution in [0.5, 0.6) is 0 Å². The Balaban J connectivity index is 1.82. The standard InChI is InChI=1S/C35H53F3N2O4/c1-5-6-7-8-9-10-11-12-13-14-15-18-32(42)44-24-17-16-23-40-33(43)29(21-22-31(41)34(40,2)3)27-19-20-28(26-39-4)30(25-27)35(36,37)38/h19-20,25-26,29H,5-18,21-24H2,1-4H3. The van der Waals surface area contributed by atoms with Crippen molar-refractivity contribution in [2.45, 2.75) is 141 Å². The average molecular weight is 623 g/mol. The van der Waals surface area contributed by atoms with E-state index in [2.05, 4.69) is 11.9 Å². The van der Waals surface area contributed by atoms with Crippen LogP contribution in [0.2, 0.25) is 0 Å². The summed E-state index contributed by atoms with van der Waals surface area (Å²) in [6.45, 7) is 6.07. The van der Waals surface area contributed by atoms with Crippen molar-refractivity contribution >= 4 is 23.9 Å². The number of halogens is 3. The van der Waals surface area contributed by atoms with E-state index in [0.717, 1.165) is 31.5 Å². The summed E-state index contributed by atoms with van der Waals surface area (Å²) in [6.07, 6.45) is 11.5. The number of nitrogens with zero attached hydrogens (tertiary/aromatic N) is 2. The van der Waals surface area contributed by atoms with Gasteiger partial charge in [-0.05, 0) is 51.2 Å². The van der Waals surface area contributed by atoms with Crippen molar-refractivity contribution in [3.63, 3.8) is 0 Å². The van der Waals surface area contributed by atoms with Crippen molar-refractivity contribution in [3.05, 3.63) is 34.9 Å². The minimum absolute atomic E-state index is 0.0730. The van der Waals surface area contributed by atoms with Gasteiger partial charge in [0.2, 0.25) is 5.91 Å². The molecule has 1 atom stereocenters. The van der Waals surface area contributed by atoms with Gasteiger partial charge < -0.3 is 9.64 Å². The molecule has 44 heavy (non-hydrogen) atoms. The summed E-state index contributed by atoms with van der Waals surface area (Å²) >= 11 is 0. The Labute approximate surface area is 262 Å². The molecule has 0 aliphatic carbocycles. The maximum Gasteiger partial charge on any atom is 0.417 e. The molecule has 2 rings (SSSR count). The highest BCUT2D eigenvalue weighted by Gasteiger charge is 2.44. The molecule has 1 amide bonds. The molecule has 0 N–H and O–H groups in total. The van der Waals surface area contributed by atoms with Crippen molar-refractivity contribution in [2.24, 2.45) is 4.99 Å². The highest BCUT2D eigenvalue weighted by atomic mass is 19.4. The number of carbonyl (C=O) groups excluding carboxylic acids is 3. The fourth-order valence-corrected chi connectivity index (χ4v) is 5.87. The van der Waals surface area contributed by atoms with Crippen LogP contribution >= 0.6 is 0 Å². The summed E-state index contributed by atoms with van der Waals surface area (Å²) in [5, 5.41) is 0. The van der Waals surface area contributed by atoms with E-state index in [1.165, 1.54) is 75.4 Å². The number of aliphatic imine (C=N–C) groups is 1. The lowest BCUT2D eigenvalue weighted by Gasteiger charge is -2.37. The van der Waals surface area contributed by atoms with Crippen LogP contribution in [0.25, 0.3) is 0 Å². The second kappa shape index (κ2) is 18.9. The number of rotatable bonds is 19. The first kappa shape index (κ1) is 37.5. The number of unbranched alkanes of at least 4 members (excludes halogenated alkanes) is 11. The van der Waals surface area contributed by atoms with Crippen molar-refractivity contribution in [2.75, 3.05) is 20.2 Å². The third-order valence-electron chi connectivity index (χ3n) is 8.66. The number of carbonyl (C=O) groups is 3. The van der Waals surface area contributed by atoms with E-state index in [1.807, 2.05) is 0 Å². The molecule has 9 heteroatoms. The summed E-state index contributed by atoms with van der Waals surface area (Å²) < 4.78 is 46.8. The van der Waals surface area contributed by atoms with E-state index in [1.54, 1.807) is 13.8 Å². The van der Waals surface area contributed by atoms with Gasteiger partial charge in [0.1, 0.15) is 0 Å². The Morgan fingerprint density at radius 3 is 2.18 bits per heavy atom. The molecule has 0 aromatic heterocycles. The summed E-state index contributed by atoms with van der Waals surface area (Å²) in [5.74, 6) is -1.57. The number of alkyl halides is 3. The van der Waals surface area contributed by atoms with Crippen molar-refractivity contribution in [3.8, 4) is 0 Å². The van der Waals surface area contributed by atoms with Gasteiger partial charge in [-0.25, -0.2) is 0 Å². The molecule has 0 radical (unpaired) electrons. The zero-order chi connectivity index (χ0) is 32.6. The van der Waals surface area contributed by atoms with E-state index in [0.29, 0.717) is 19.3 Å². The zero-order valence-corrected chi connectivity index (χ0v) is 27.3. The Bertz CT molecular complexity index is 1080. The molecule has 1 saturated heterocycles. The van der Waals surface area contributed by atoms with E-state index >= 15 is 0 Å². The van der Waals surface area contributed by atoms with Crippen LogP contribution in [-0.2, 0) is 25.3 Å². The number of ether oxygens (including phenoxy) is 1. The number of hydrogen-bond acceptors (Lipinski definition) is 5. The lowest BCUT2D eigenvalue weighted by Crippen LogP contribution is -2.52. The van der Waals surface area contributed by atoms with Crippen LogP contribution in [0.4, 0.5) is 13.2 Å². The van der Waals surface area contributed by atoms with E-state index in [4.69, 9.17) is 4.74 Å². The second-order valence-corrected chi connectivity index (χ2v) is 12.5. The van der Waals surface area contributed by atoms with Gasteiger partial charge in [-0.3, -0.25) is 19.4 Å². The van der Waals surface area contributed by atoms with E-state index in [-0.39, 0.29) is 54.8 Å². The molecule has 1 aromatic carbocycles. The number of hydrogen-bond donors (Lipinski definition) is 0. The molecule has 0 spiro atoms. The maximum absolute atomic E-state index is 13.8. The Morgan fingerprint density at radius 1 is 0.977 bits per heavy atom. The minimum Gasteiger partial charge on any atom is -0.466 e.